The predicted molar refractivity (Wildman–Crippen MR) is 89.5 cm³/mol. The third-order valence-electron chi connectivity index (χ3n) is 3.90. The highest BCUT2D eigenvalue weighted by atomic mass is 16.2. The Balaban J connectivity index is 2.11. The summed E-state index contributed by atoms with van der Waals surface area (Å²) in [6, 6.07) is 3.26. The van der Waals surface area contributed by atoms with Gasteiger partial charge < -0.3 is 16.0 Å². The zero-order valence-corrected chi connectivity index (χ0v) is 14.3. The van der Waals surface area contributed by atoms with E-state index in [-0.39, 0.29) is 17.2 Å². The van der Waals surface area contributed by atoms with Crippen LogP contribution in [0.1, 0.15) is 43.2 Å². The summed E-state index contributed by atoms with van der Waals surface area (Å²) in [7, 11) is 0. The number of carbonyl (C=O) groups is 2. The molecule has 1 saturated heterocycles. The summed E-state index contributed by atoms with van der Waals surface area (Å²) < 4.78 is 0. The molecule has 0 saturated carbocycles. The molecule has 1 aliphatic heterocycles. The maximum absolute atomic E-state index is 12.9. The van der Waals surface area contributed by atoms with Crippen molar-refractivity contribution in [1.82, 2.24) is 20.9 Å². The summed E-state index contributed by atoms with van der Waals surface area (Å²) >= 11 is 0. The van der Waals surface area contributed by atoms with E-state index in [0.717, 1.165) is 5.69 Å². The molecule has 1 atom stereocenters. The van der Waals surface area contributed by atoms with Crippen molar-refractivity contribution in [1.29, 1.82) is 0 Å². The first kappa shape index (κ1) is 17.4. The lowest BCUT2D eigenvalue weighted by molar-refractivity contribution is 0.0872. The largest absolute Gasteiger partial charge is 0.338 e. The molecule has 2 heterocycles. The Morgan fingerprint density at radius 1 is 1.35 bits per heavy atom. The van der Waals surface area contributed by atoms with Crippen LogP contribution in [0.4, 0.5) is 4.79 Å². The van der Waals surface area contributed by atoms with Crippen LogP contribution in [-0.2, 0) is 0 Å². The monoisotopic (exact) mass is 318 g/mol. The predicted octanol–water partition coefficient (Wildman–Crippen LogP) is 1.65. The molecule has 2 rings (SSSR count). The van der Waals surface area contributed by atoms with Crippen LogP contribution in [0.2, 0.25) is 0 Å². The Kier molecular flexibility index (Phi) is 5.04. The van der Waals surface area contributed by atoms with Gasteiger partial charge >= 0.3 is 6.03 Å². The molecule has 126 valence electrons. The van der Waals surface area contributed by atoms with Crippen LogP contribution in [0.15, 0.2) is 18.3 Å². The molecule has 2 amide bonds. The molecule has 1 aliphatic rings. The van der Waals surface area contributed by atoms with Crippen LogP contribution < -0.4 is 16.0 Å². The zero-order valence-electron chi connectivity index (χ0n) is 14.3. The highest BCUT2D eigenvalue weighted by Gasteiger charge is 2.43. The van der Waals surface area contributed by atoms with E-state index in [2.05, 4.69) is 20.9 Å². The van der Waals surface area contributed by atoms with Crippen molar-refractivity contribution in [2.24, 2.45) is 5.41 Å². The molecule has 0 spiro atoms. The standard InChI is InChI=1S/C17H26N4O2/c1-12-5-6-13(9-19-12)14(22)17(7-8-18-11-17)21-15(23)20-10-16(2,3)4/h5-6,9,18H,7-8,10-11H2,1-4H3,(H2,20,21,23)/t17-/m1/s1. The fourth-order valence-corrected chi connectivity index (χ4v) is 2.53. The molecule has 0 aliphatic carbocycles. The number of urea groups is 1. The van der Waals surface area contributed by atoms with E-state index in [4.69, 9.17) is 0 Å². The van der Waals surface area contributed by atoms with Gasteiger partial charge in [0.15, 0.2) is 5.78 Å². The Bertz CT molecular complexity index is 569. The van der Waals surface area contributed by atoms with E-state index in [9.17, 15) is 9.59 Å². The maximum Gasteiger partial charge on any atom is 0.315 e. The molecule has 6 nitrogen and oxygen atoms in total. The van der Waals surface area contributed by atoms with Crippen LogP contribution in [-0.4, -0.2) is 42.0 Å². The maximum atomic E-state index is 12.9. The second-order valence-electron chi connectivity index (χ2n) is 7.39. The fraction of sp³-hybridized carbons (Fsp3) is 0.588. The Morgan fingerprint density at radius 2 is 2.09 bits per heavy atom. The van der Waals surface area contributed by atoms with Crippen LogP contribution >= 0.6 is 0 Å². The Morgan fingerprint density at radius 3 is 2.61 bits per heavy atom. The molecule has 6 heteroatoms. The van der Waals surface area contributed by atoms with Crippen LogP contribution in [0, 0.1) is 12.3 Å². The topological polar surface area (TPSA) is 83.1 Å². The summed E-state index contributed by atoms with van der Waals surface area (Å²) in [6.07, 6.45) is 2.15. The number of hydrogen-bond acceptors (Lipinski definition) is 4. The van der Waals surface area contributed by atoms with Crippen molar-refractivity contribution >= 4 is 11.8 Å². The Labute approximate surface area is 137 Å². The second-order valence-corrected chi connectivity index (χ2v) is 7.39. The van der Waals surface area contributed by atoms with Gasteiger partial charge in [-0.25, -0.2) is 4.79 Å². The minimum absolute atomic E-state index is 0.0106. The lowest BCUT2D eigenvalue weighted by Gasteiger charge is -2.29. The first-order valence-corrected chi connectivity index (χ1v) is 7.96. The van der Waals surface area contributed by atoms with Gasteiger partial charge in [0.1, 0.15) is 5.54 Å². The van der Waals surface area contributed by atoms with E-state index in [1.165, 1.54) is 0 Å². The van der Waals surface area contributed by atoms with Crippen molar-refractivity contribution in [3.63, 3.8) is 0 Å². The molecule has 0 radical (unpaired) electrons. The molecular weight excluding hydrogens is 292 g/mol. The average Bonchev–Trinajstić information content (AvgIpc) is 2.94. The molecule has 1 fully saturated rings. The van der Waals surface area contributed by atoms with Crippen molar-refractivity contribution in [2.45, 2.75) is 39.7 Å². The van der Waals surface area contributed by atoms with Crippen molar-refractivity contribution < 1.29 is 9.59 Å². The summed E-state index contributed by atoms with van der Waals surface area (Å²) in [6.45, 7) is 9.69. The molecule has 1 aromatic heterocycles. The molecular formula is C17H26N4O2. The molecule has 0 aromatic carbocycles. The highest BCUT2D eigenvalue weighted by molar-refractivity contribution is 6.05. The van der Waals surface area contributed by atoms with Crippen molar-refractivity contribution in [2.75, 3.05) is 19.6 Å². The summed E-state index contributed by atoms with van der Waals surface area (Å²) in [5.41, 5.74) is 0.467. The quantitative estimate of drug-likeness (QED) is 0.737. The van der Waals surface area contributed by atoms with E-state index in [1.807, 2.05) is 33.8 Å². The van der Waals surface area contributed by atoms with Crippen LogP contribution in [0.3, 0.4) is 0 Å². The fourth-order valence-electron chi connectivity index (χ4n) is 2.53. The minimum Gasteiger partial charge on any atom is -0.338 e. The number of carbonyl (C=O) groups excluding carboxylic acids is 2. The van der Waals surface area contributed by atoms with Gasteiger partial charge in [-0.3, -0.25) is 9.78 Å². The van der Waals surface area contributed by atoms with E-state index in [1.54, 1.807) is 12.3 Å². The number of ketones is 1. The summed E-state index contributed by atoms with van der Waals surface area (Å²) in [5, 5.41) is 8.90. The van der Waals surface area contributed by atoms with E-state index in [0.29, 0.717) is 31.6 Å². The molecule has 3 N–H and O–H groups in total. The van der Waals surface area contributed by atoms with Crippen LogP contribution in [0.25, 0.3) is 0 Å². The van der Waals surface area contributed by atoms with Gasteiger partial charge in [0.25, 0.3) is 0 Å². The SMILES string of the molecule is Cc1ccc(C(=O)[C@@]2(NC(=O)NCC(C)(C)C)CCNC2)cn1. The number of aryl methyl sites for hydroxylation is 1. The van der Waals surface area contributed by atoms with E-state index >= 15 is 0 Å². The van der Waals surface area contributed by atoms with E-state index < -0.39 is 5.54 Å². The average molecular weight is 318 g/mol. The normalized spacial score (nSPS) is 21.0. The van der Waals surface area contributed by atoms with Gasteiger partial charge in [-0.1, -0.05) is 20.8 Å². The van der Waals surface area contributed by atoms with Crippen molar-refractivity contribution in [3.8, 4) is 0 Å². The molecule has 23 heavy (non-hydrogen) atoms. The molecule has 0 bridgehead atoms. The van der Waals surface area contributed by atoms with Gasteiger partial charge in [-0.05, 0) is 37.4 Å². The van der Waals surface area contributed by atoms with Gasteiger partial charge in [0.2, 0.25) is 0 Å². The van der Waals surface area contributed by atoms with Crippen molar-refractivity contribution in [3.05, 3.63) is 29.6 Å². The first-order chi connectivity index (χ1) is 10.7. The number of nitrogens with zero attached hydrogens (tertiary/aromatic N) is 1. The number of rotatable bonds is 4. The molecule has 0 unspecified atom stereocenters. The lowest BCUT2D eigenvalue weighted by atomic mass is 9.89. The highest BCUT2D eigenvalue weighted by Crippen LogP contribution is 2.21. The smallest absolute Gasteiger partial charge is 0.315 e. The minimum atomic E-state index is -0.904. The zero-order chi connectivity index (χ0) is 17.1. The first-order valence-electron chi connectivity index (χ1n) is 7.96. The number of nitrogens with one attached hydrogen (secondary N) is 3. The lowest BCUT2D eigenvalue weighted by Crippen LogP contribution is -2.59. The van der Waals surface area contributed by atoms with Gasteiger partial charge in [0.05, 0.1) is 0 Å². The third kappa shape index (κ3) is 4.51. The van der Waals surface area contributed by atoms with Gasteiger partial charge in [0, 0.05) is 30.5 Å². The molecule has 1 aromatic rings. The Hall–Kier alpha value is -1.95. The number of amides is 2. The van der Waals surface area contributed by atoms with Crippen LogP contribution in [0.5, 0.6) is 0 Å². The third-order valence-corrected chi connectivity index (χ3v) is 3.90. The number of Topliss-reactive ketones (excluding diaryl/α,β-unsaturated/α-hetero) is 1. The summed E-state index contributed by atoms with van der Waals surface area (Å²) in [4.78, 5) is 29.3. The number of pyridine rings is 1. The number of hydrogen-bond donors (Lipinski definition) is 3. The second kappa shape index (κ2) is 6.66. The van der Waals surface area contributed by atoms with Gasteiger partial charge in [-0.2, -0.15) is 0 Å². The van der Waals surface area contributed by atoms with Gasteiger partial charge in [-0.15, -0.1) is 0 Å². The summed E-state index contributed by atoms with van der Waals surface area (Å²) in [5.74, 6) is -0.0964. The number of aromatic nitrogens is 1.